The van der Waals surface area contributed by atoms with Crippen LogP contribution in [0.1, 0.15) is 15.3 Å². The number of hydrazone groups is 1. The number of halogens is 1. The SMILES string of the molecule is Cc1sc(C=NNC(N)=O)c(I)c1C. The molecule has 1 rings (SSSR count). The van der Waals surface area contributed by atoms with Gasteiger partial charge in [-0.15, -0.1) is 11.3 Å². The monoisotopic (exact) mass is 323 g/mol. The van der Waals surface area contributed by atoms with Crippen LogP contribution in [-0.4, -0.2) is 12.2 Å². The van der Waals surface area contributed by atoms with Gasteiger partial charge in [0.2, 0.25) is 0 Å². The quantitative estimate of drug-likeness (QED) is 0.488. The number of nitrogens with two attached hydrogens (primary N) is 1. The van der Waals surface area contributed by atoms with E-state index in [9.17, 15) is 4.79 Å². The molecule has 14 heavy (non-hydrogen) atoms. The molecular formula is C8H10IN3OS. The largest absolute Gasteiger partial charge is 0.350 e. The molecule has 4 nitrogen and oxygen atoms in total. The highest BCUT2D eigenvalue weighted by atomic mass is 127. The Bertz CT molecular complexity index is 386. The summed E-state index contributed by atoms with van der Waals surface area (Å²) in [6, 6.07) is -0.652. The molecule has 0 spiro atoms. The number of hydrogen-bond donors (Lipinski definition) is 2. The summed E-state index contributed by atoms with van der Waals surface area (Å²) in [7, 11) is 0. The Morgan fingerprint density at radius 3 is 2.71 bits per heavy atom. The topological polar surface area (TPSA) is 67.5 Å². The highest BCUT2D eigenvalue weighted by molar-refractivity contribution is 14.1. The van der Waals surface area contributed by atoms with Crippen molar-refractivity contribution in [1.82, 2.24) is 5.43 Å². The molecular weight excluding hydrogens is 313 g/mol. The summed E-state index contributed by atoms with van der Waals surface area (Å²) in [5, 5.41) is 3.71. The zero-order valence-corrected chi connectivity index (χ0v) is 10.8. The number of rotatable bonds is 2. The summed E-state index contributed by atoms with van der Waals surface area (Å²) in [5.41, 5.74) is 8.29. The lowest BCUT2D eigenvalue weighted by Gasteiger charge is -1.91. The molecule has 1 aromatic rings. The molecule has 76 valence electrons. The fourth-order valence-corrected chi connectivity index (χ4v) is 2.85. The lowest BCUT2D eigenvalue weighted by atomic mass is 10.3. The number of urea groups is 1. The molecule has 0 atom stereocenters. The number of hydrogen-bond acceptors (Lipinski definition) is 3. The molecule has 0 aliphatic carbocycles. The van der Waals surface area contributed by atoms with Crippen LogP contribution in [0, 0.1) is 17.4 Å². The average Bonchev–Trinajstić information content (AvgIpc) is 2.33. The van der Waals surface area contributed by atoms with E-state index in [1.54, 1.807) is 17.6 Å². The van der Waals surface area contributed by atoms with E-state index in [1.807, 2.05) is 0 Å². The summed E-state index contributed by atoms with van der Waals surface area (Å²) in [5.74, 6) is 0. The fourth-order valence-electron chi connectivity index (χ4n) is 0.863. The van der Waals surface area contributed by atoms with Crippen LogP contribution in [0.15, 0.2) is 5.10 Å². The minimum absolute atomic E-state index is 0.652. The highest BCUT2D eigenvalue weighted by Crippen LogP contribution is 2.27. The Morgan fingerprint density at radius 1 is 1.64 bits per heavy atom. The molecule has 0 saturated heterocycles. The Balaban J connectivity index is 2.82. The second-order valence-corrected chi connectivity index (χ2v) is 5.03. The van der Waals surface area contributed by atoms with E-state index in [1.165, 1.54) is 14.0 Å². The molecule has 0 aliphatic heterocycles. The van der Waals surface area contributed by atoms with Crippen LogP contribution in [0.2, 0.25) is 0 Å². The molecule has 3 N–H and O–H groups in total. The highest BCUT2D eigenvalue weighted by Gasteiger charge is 2.07. The van der Waals surface area contributed by atoms with Gasteiger partial charge in [0.15, 0.2) is 0 Å². The molecule has 1 heterocycles. The van der Waals surface area contributed by atoms with Crippen molar-refractivity contribution in [2.45, 2.75) is 13.8 Å². The van der Waals surface area contributed by atoms with E-state index in [0.29, 0.717) is 0 Å². The van der Waals surface area contributed by atoms with Crippen LogP contribution in [-0.2, 0) is 0 Å². The van der Waals surface area contributed by atoms with Gasteiger partial charge in [0.1, 0.15) is 0 Å². The molecule has 0 bridgehead atoms. The number of carbonyl (C=O) groups excluding carboxylic acids is 1. The van der Waals surface area contributed by atoms with E-state index >= 15 is 0 Å². The summed E-state index contributed by atoms with van der Waals surface area (Å²) >= 11 is 3.90. The third-order valence-corrected chi connectivity index (χ3v) is 4.59. The van der Waals surface area contributed by atoms with Gasteiger partial charge in [-0.25, -0.2) is 10.2 Å². The number of aryl methyl sites for hydroxylation is 1. The number of carbonyl (C=O) groups is 1. The summed E-state index contributed by atoms with van der Waals surface area (Å²) in [6.07, 6.45) is 1.61. The number of primary amides is 1. The molecule has 6 heteroatoms. The van der Waals surface area contributed by atoms with Gasteiger partial charge in [0, 0.05) is 8.45 Å². The summed E-state index contributed by atoms with van der Waals surface area (Å²) in [4.78, 5) is 12.6. The third kappa shape index (κ3) is 2.68. The van der Waals surface area contributed by atoms with Gasteiger partial charge in [0.25, 0.3) is 0 Å². The van der Waals surface area contributed by atoms with Crippen LogP contribution in [0.25, 0.3) is 0 Å². The van der Waals surface area contributed by atoms with Gasteiger partial charge < -0.3 is 5.73 Å². The van der Waals surface area contributed by atoms with E-state index in [4.69, 9.17) is 5.73 Å². The average molecular weight is 323 g/mol. The first-order valence-corrected chi connectivity index (χ1v) is 5.76. The molecule has 0 aliphatic rings. The van der Waals surface area contributed by atoms with Crippen molar-refractivity contribution in [3.05, 3.63) is 18.9 Å². The Hall–Kier alpha value is -0.630. The zero-order valence-electron chi connectivity index (χ0n) is 7.80. The lowest BCUT2D eigenvalue weighted by Crippen LogP contribution is -2.24. The predicted octanol–water partition coefficient (Wildman–Crippen LogP) is 1.97. The van der Waals surface area contributed by atoms with Gasteiger partial charge >= 0.3 is 6.03 Å². The summed E-state index contributed by atoms with van der Waals surface area (Å²) in [6.45, 7) is 4.12. The smallest absolute Gasteiger partial charge is 0.332 e. The fraction of sp³-hybridized carbons (Fsp3) is 0.250. The van der Waals surface area contributed by atoms with Crippen LogP contribution in [0.4, 0.5) is 4.79 Å². The lowest BCUT2D eigenvalue weighted by molar-refractivity contribution is 0.249. The van der Waals surface area contributed by atoms with Crippen molar-refractivity contribution < 1.29 is 4.79 Å². The first-order valence-electron chi connectivity index (χ1n) is 3.86. The van der Waals surface area contributed by atoms with Crippen molar-refractivity contribution in [2.24, 2.45) is 10.8 Å². The van der Waals surface area contributed by atoms with Gasteiger partial charge in [-0.05, 0) is 42.0 Å². The predicted molar refractivity (Wildman–Crippen MR) is 66.8 cm³/mol. The van der Waals surface area contributed by atoms with Crippen molar-refractivity contribution in [3.63, 3.8) is 0 Å². The van der Waals surface area contributed by atoms with Gasteiger partial charge in [0.05, 0.1) is 11.1 Å². The Kier molecular flexibility index (Phi) is 3.87. The maximum absolute atomic E-state index is 10.3. The first kappa shape index (κ1) is 11.4. The number of thiophene rings is 1. The van der Waals surface area contributed by atoms with Crippen LogP contribution in [0.5, 0.6) is 0 Å². The van der Waals surface area contributed by atoms with Crippen LogP contribution in [0.3, 0.4) is 0 Å². The molecule has 0 unspecified atom stereocenters. The van der Waals surface area contributed by atoms with E-state index < -0.39 is 6.03 Å². The third-order valence-electron chi connectivity index (χ3n) is 1.69. The van der Waals surface area contributed by atoms with Crippen LogP contribution >= 0.6 is 33.9 Å². The zero-order chi connectivity index (χ0) is 10.7. The second kappa shape index (κ2) is 4.74. The Labute approximate surface area is 99.7 Å². The van der Waals surface area contributed by atoms with Crippen molar-refractivity contribution in [1.29, 1.82) is 0 Å². The van der Waals surface area contributed by atoms with E-state index in [0.717, 1.165) is 4.88 Å². The number of nitrogens with zero attached hydrogens (tertiary/aromatic N) is 1. The van der Waals surface area contributed by atoms with E-state index in [-0.39, 0.29) is 0 Å². The van der Waals surface area contributed by atoms with Gasteiger partial charge in [-0.3, -0.25) is 0 Å². The molecule has 2 amide bonds. The minimum atomic E-state index is -0.652. The number of amides is 2. The van der Waals surface area contributed by atoms with Crippen molar-refractivity contribution in [2.75, 3.05) is 0 Å². The number of nitrogens with one attached hydrogen (secondary N) is 1. The maximum atomic E-state index is 10.3. The molecule has 0 saturated carbocycles. The molecule has 1 aromatic heterocycles. The summed E-state index contributed by atoms with van der Waals surface area (Å²) < 4.78 is 1.17. The standard InChI is InChI=1S/C8H10IN3OS/c1-4-5(2)14-6(7(4)9)3-11-12-8(10)13/h3H,1-2H3,(H3,10,12,13). The van der Waals surface area contributed by atoms with E-state index in [2.05, 4.69) is 47.0 Å². The normalized spacial score (nSPS) is 10.8. The maximum Gasteiger partial charge on any atom is 0.332 e. The van der Waals surface area contributed by atoms with Gasteiger partial charge in [-0.2, -0.15) is 5.10 Å². The second-order valence-electron chi connectivity index (χ2n) is 2.70. The first-order chi connectivity index (χ1) is 6.52. The van der Waals surface area contributed by atoms with Crippen molar-refractivity contribution in [3.8, 4) is 0 Å². The van der Waals surface area contributed by atoms with Crippen molar-refractivity contribution >= 4 is 46.2 Å². The minimum Gasteiger partial charge on any atom is -0.350 e. The van der Waals surface area contributed by atoms with Crippen LogP contribution < -0.4 is 11.2 Å². The molecule has 0 radical (unpaired) electrons. The Morgan fingerprint density at radius 2 is 2.29 bits per heavy atom. The molecule has 0 aromatic carbocycles. The molecule has 0 fully saturated rings. The van der Waals surface area contributed by atoms with Gasteiger partial charge in [-0.1, -0.05) is 0 Å².